The van der Waals surface area contributed by atoms with E-state index in [1.54, 1.807) is 25.3 Å². The second kappa shape index (κ2) is 16.5. The maximum Gasteiger partial charge on any atom is 0.303 e. The van der Waals surface area contributed by atoms with Crippen LogP contribution in [0.5, 0.6) is 23.0 Å². The molecule has 46 heavy (non-hydrogen) atoms. The number of carbonyl (C=O) groups excluding carboxylic acids is 1. The second-order valence-corrected chi connectivity index (χ2v) is 11.2. The van der Waals surface area contributed by atoms with Gasteiger partial charge in [-0.2, -0.15) is 0 Å². The summed E-state index contributed by atoms with van der Waals surface area (Å²) >= 11 is 0. The van der Waals surface area contributed by atoms with E-state index in [9.17, 15) is 19.5 Å². The fourth-order valence-corrected chi connectivity index (χ4v) is 5.40. The quantitative estimate of drug-likeness (QED) is 0.149. The Morgan fingerprint density at radius 2 is 1.70 bits per heavy atom. The molecule has 246 valence electrons. The van der Waals surface area contributed by atoms with Gasteiger partial charge >= 0.3 is 11.9 Å². The van der Waals surface area contributed by atoms with Crippen LogP contribution in [-0.2, 0) is 20.7 Å². The van der Waals surface area contributed by atoms with Crippen LogP contribution in [0.2, 0.25) is 0 Å². The van der Waals surface area contributed by atoms with E-state index in [2.05, 4.69) is 5.32 Å². The third-order valence-corrected chi connectivity index (χ3v) is 7.57. The first-order valence-electron chi connectivity index (χ1n) is 15.3. The van der Waals surface area contributed by atoms with Crippen molar-refractivity contribution < 1.29 is 48.3 Å². The molecule has 3 aromatic rings. The van der Waals surface area contributed by atoms with Gasteiger partial charge in [-0.15, -0.1) is 0 Å². The molecule has 11 heteroatoms. The molecule has 4 rings (SSSR count). The van der Waals surface area contributed by atoms with Crippen molar-refractivity contribution in [3.05, 3.63) is 71.3 Å². The number of carboxylic acid groups (broad SMARTS) is 2. The third-order valence-electron chi connectivity index (χ3n) is 7.57. The minimum absolute atomic E-state index is 0.0121. The summed E-state index contributed by atoms with van der Waals surface area (Å²) in [5.41, 5.74) is 3.78. The number of aliphatic carboxylic acids is 2. The summed E-state index contributed by atoms with van der Waals surface area (Å²) in [7, 11) is 1.57. The number of hydrogen-bond donors (Lipinski definition) is 3. The number of hydrogen-bond acceptors (Lipinski definition) is 8. The van der Waals surface area contributed by atoms with Gasteiger partial charge in [-0.25, -0.2) is 0 Å². The lowest BCUT2D eigenvalue weighted by Crippen LogP contribution is -2.27. The fraction of sp³-hybridized carbons (Fsp3) is 0.400. The highest BCUT2D eigenvalue weighted by Crippen LogP contribution is 2.38. The van der Waals surface area contributed by atoms with Gasteiger partial charge in [0, 0.05) is 32.1 Å². The van der Waals surface area contributed by atoms with E-state index in [4.69, 9.17) is 28.8 Å². The van der Waals surface area contributed by atoms with Crippen molar-refractivity contribution in [2.75, 3.05) is 33.7 Å². The van der Waals surface area contributed by atoms with E-state index in [1.807, 2.05) is 50.2 Å². The SMILES string of the molecule is COCCNC(=O)c1cc(OC(C)CC(C)c2cccc(OCCCC(=O)O)c2CCC(=O)O)cc(-c2ccc3c(c2)OCO3)c1. The van der Waals surface area contributed by atoms with Crippen LogP contribution < -0.4 is 24.3 Å². The van der Waals surface area contributed by atoms with Crippen molar-refractivity contribution in [3.8, 4) is 34.1 Å². The first-order chi connectivity index (χ1) is 22.1. The van der Waals surface area contributed by atoms with Crippen LogP contribution in [0.25, 0.3) is 11.1 Å². The number of carbonyl (C=O) groups is 3. The highest BCUT2D eigenvalue weighted by molar-refractivity contribution is 5.96. The normalized spacial score (nSPS) is 13.1. The Bertz CT molecular complexity index is 1520. The van der Waals surface area contributed by atoms with Gasteiger partial charge in [-0.05, 0) is 90.8 Å². The zero-order valence-electron chi connectivity index (χ0n) is 26.4. The monoisotopic (exact) mass is 635 g/mol. The Morgan fingerprint density at radius 1 is 0.913 bits per heavy atom. The number of methoxy groups -OCH3 is 1. The molecule has 2 atom stereocenters. The standard InChI is InChI=1S/C35H41NO10/c1-22(28-6-4-7-30(29(28)10-12-34(39)40)43-14-5-8-33(37)38)16-23(2)46-27-18-25(17-26(19-27)35(41)36-13-15-42-3)24-9-11-31-32(20-24)45-21-44-31/h4,6-7,9,11,17-20,22-23H,5,8,10,12-16,21H2,1-3H3,(H,36,41)(H,37,38)(H,39,40). The Kier molecular flexibility index (Phi) is 12.2. The topological polar surface area (TPSA) is 150 Å². The van der Waals surface area contributed by atoms with E-state index in [0.29, 0.717) is 54.6 Å². The molecule has 1 amide bonds. The highest BCUT2D eigenvalue weighted by atomic mass is 16.7. The molecule has 0 spiro atoms. The molecule has 0 fully saturated rings. The second-order valence-electron chi connectivity index (χ2n) is 11.2. The summed E-state index contributed by atoms with van der Waals surface area (Å²) in [6.45, 7) is 5.11. The predicted molar refractivity (Wildman–Crippen MR) is 170 cm³/mol. The van der Waals surface area contributed by atoms with E-state index >= 15 is 0 Å². The number of nitrogens with one attached hydrogen (secondary N) is 1. The third kappa shape index (κ3) is 9.61. The van der Waals surface area contributed by atoms with E-state index < -0.39 is 11.9 Å². The number of benzene rings is 3. The molecular formula is C35H41NO10. The van der Waals surface area contributed by atoms with Gasteiger partial charge in [0.1, 0.15) is 11.5 Å². The van der Waals surface area contributed by atoms with Gasteiger partial charge in [-0.1, -0.05) is 25.1 Å². The molecule has 1 aliphatic heterocycles. The summed E-state index contributed by atoms with van der Waals surface area (Å²) in [5, 5.41) is 21.2. The van der Waals surface area contributed by atoms with Gasteiger partial charge in [0.15, 0.2) is 11.5 Å². The van der Waals surface area contributed by atoms with Crippen molar-refractivity contribution in [2.45, 2.75) is 58.0 Å². The van der Waals surface area contributed by atoms with Crippen LogP contribution in [0.1, 0.15) is 66.9 Å². The van der Waals surface area contributed by atoms with Gasteiger partial charge in [-0.3, -0.25) is 14.4 Å². The average molecular weight is 636 g/mol. The predicted octanol–water partition coefficient (Wildman–Crippen LogP) is 5.68. The molecule has 1 heterocycles. The molecule has 0 radical (unpaired) electrons. The van der Waals surface area contributed by atoms with Crippen molar-refractivity contribution in [3.63, 3.8) is 0 Å². The maximum atomic E-state index is 13.0. The molecular weight excluding hydrogens is 594 g/mol. The van der Waals surface area contributed by atoms with Gasteiger partial charge in [0.05, 0.1) is 19.3 Å². The molecule has 3 N–H and O–H groups in total. The van der Waals surface area contributed by atoms with Gasteiger partial charge < -0.3 is 39.2 Å². The Morgan fingerprint density at radius 3 is 2.46 bits per heavy atom. The highest BCUT2D eigenvalue weighted by Gasteiger charge is 2.21. The van der Waals surface area contributed by atoms with Crippen molar-refractivity contribution >= 4 is 17.8 Å². The molecule has 0 aromatic heterocycles. The van der Waals surface area contributed by atoms with Crippen molar-refractivity contribution in [1.29, 1.82) is 0 Å². The molecule has 0 saturated heterocycles. The number of ether oxygens (including phenoxy) is 5. The number of amides is 1. The largest absolute Gasteiger partial charge is 0.493 e. The Labute approximate surface area is 268 Å². The van der Waals surface area contributed by atoms with Crippen LogP contribution in [0.15, 0.2) is 54.6 Å². The van der Waals surface area contributed by atoms with Crippen LogP contribution in [0.4, 0.5) is 0 Å². The molecule has 2 unspecified atom stereocenters. The molecule has 0 saturated carbocycles. The minimum Gasteiger partial charge on any atom is -0.493 e. The lowest BCUT2D eigenvalue weighted by molar-refractivity contribution is -0.138. The van der Waals surface area contributed by atoms with E-state index in [0.717, 1.165) is 22.3 Å². The fourth-order valence-electron chi connectivity index (χ4n) is 5.40. The maximum absolute atomic E-state index is 13.0. The number of fused-ring (bicyclic) bond motifs is 1. The number of rotatable bonds is 18. The Hall–Kier alpha value is -4.77. The van der Waals surface area contributed by atoms with Crippen LogP contribution in [0.3, 0.4) is 0 Å². The van der Waals surface area contributed by atoms with Gasteiger partial charge in [0.25, 0.3) is 5.91 Å². The summed E-state index contributed by atoms with van der Waals surface area (Å²) in [4.78, 5) is 35.4. The molecule has 11 nitrogen and oxygen atoms in total. The van der Waals surface area contributed by atoms with Crippen LogP contribution in [-0.4, -0.2) is 67.8 Å². The molecule has 1 aliphatic rings. The lowest BCUT2D eigenvalue weighted by Gasteiger charge is -2.23. The zero-order valence-corrected chi connectivity index (χ0v) is 26.4. The summed E-state index contributed by atoms with van der Waals surface area (Å²) in [5.74, 6) is 0.270. The van der Waals surface area contributed by atoms with Crippen molar-refractivity contribution in [1.82, 2.24) is 5.32 Å². The molecule has 0 aliphatic carbocycles. The first-order valence-corrected chi connectivity index (χ1v) is 15.3. The van der Waals surface area contributed by atoms with Crippen LogP contribution in [0, 0.1) is 0 Å². The average Bonchev–Trinajstić information content (AvgIpc) is 3.50. The van der Waals surface area contributed by atoms with E-state index in [1.165, 1.54) is 0 Å². The number of carboxylic acids is 2. The smallest absolute Gasteiger partial charge is 0.303 e. The first kappa shape index (κ1) is 34.1. The van der Waals surface area contributed by atoms with Crippen LogP contribution >= 0.6 is 0 Å². The molecule has 3 aromatic carbocycles. The summed E-state index contributed by atoms with van der Waals surface area (Å²) < 4.78 is 28.4. The lowest BCUT2D eigenvalue weighted by atomic mass is 9.89. The van der Waals surface area contributed by atoms with E-state index in [-0.39, 0.29) is 50.6 Å². The zero-order chi connectivity index (χ0) is 33.1. The van der Waals surface area contributed by atoms with Gasteiger partial charge in [0.2, 0.25) is 6.79 Å². The Balaban J connectivity index is 1.54. The summed E-state index contributed by atoms with van der Waals surface area (Å²) in [6.07, 6.45) is 0.852. The van der Waals surface area contributed by atoms with Crippen molar-refractivity contribution in [2.24, 2.45) is 0 Å². The molecule has 0 bridgehead atoms. The minimum atomic E-state index is -0.916. The summed E-state index contributed by atoms with van der Waals surface area (Å²) in [6, 6.07) is 16.6.